The highest BCUT2D eigenvalue weighted by Crippen LogP contribution is 2.36. The molecule has 1 aliphatic rings. The van der Waals surface area contributed by atoms with Crippen molar-refractivity contribution in [2.75, 3.05) is 12.4 Å². The highest BCUT2D eigenvalue weighted by Gasteiger charge is 2.32. The summed E-state index contributed by atoms with van der Waals surface area (Å²) in [5, 5.41) is 11.8. The third kappa shape index (κ3) is 2.34. The van der Waals surface area contributed by atoms with Gasteiger partial charge in [-0.25, -0.2) is 0 Å². The van der Waals surface area contributed by atoms with E-state index in [-0.39, 0.29) is 11.8 Å². The first kappa shape index (κ1) is 13.2. The summed E-state index contributed by atoms with van der Waals surface area (Å²) in [5.74, 6) is 0.341. The summed E-state index contributed by atoms with van der Waals surface area (Å²) in [4.78, 5) is 12.3. The van der Waals surface area contributed by atoms with Crippen LogP contribution in [0, 0.1) is 11.3 Å². The molecule has 0 saturated heterocycles. The minimum Gasteiger partial charge on any atom is -0.495 e. The molecule has 0 aliphatic heterocycles. The maximum Gasteiger partial charge on any atom is 0.232 e. The number of hydrogen-bond acceptors (Lipinski definition) is 3. The third-order valence-electron chi connectivity index (χ3n) is 3.76. The molecule has 0 aromatic heterocycles. The van der Waals surface area contributed by atoms with Crippen molar-refractivity contribution < 1.29 is 9.53 Å². The van der Waals surface area contributed by atoms with Gasteiger partial charge in [-0.3, -0.25) is 4.79 Å². The average molecular weight is 278 g/mol. The molecule has 1 aliphatic carbocycles. The van der Waals surface area contributed by atoms with E-state index in [1.54, 1.807) is 18.2 Å². The first-order chi connectivity index (χ1) is 10.2. The molecule has 1 unspecified atom stereocenters. The van der Waals surface area contributed by atoms with Crippen LogP contribution in [-0.4, -0.2) is 13.0 Å². The number of benzene rings is 2. The number of amides is 1. The van der Waals surface area contributed by atoms with E-state index >= 15 is 0 Å². The van der Waals surface area contributed by atoms with E-state index in [4.69, 9.17) is 10.00 Å². The standard InChI is InChI=1S/C17H14N2O2/c1-21-16-8-11(10-18)6-7-15(16)19-17(20)14-9-12-4-2-3-5-13(12)14/h2-8,14H,9H2,1H3,(H,19,20). The predicted molar refractivity (Wildman–Crippen MR) is 79.2 cm³/mol. The Balaban J connectivity index is 1.79. The molecule has 3 rings (SSSR count). The van der Waals surface area contributed by atoms with Crippen molar-refractivity contribution in [3.63, 3.8) is 0 Å². The molecular weight excluding hydrogens is 264 g/mol. The Bertz CT molecular complexity index is 747. The summed E-state index contributed by atoms with van der Waals surface area (Å²) in [6.07, 6.45) is 0.764. The Morgan fingerprint density at radius 3 is 2.86 bits per heavy atom. The zero-order chi connectivity index (χ0) is 14.8. The number of anilines is 1. The number of nitriles is 1. The lowest BCUT2D eigenvalue weighted by molar-refractivity contribution is -0.118. The van der Waals surface area contributed by atoms with E-state index < -0.39 is 0 Å². The van der Waals surface area contributed by atoms with Gasteiger partial charge in [0.05, 0.1) is 30.3 Å². The molecule has 1 N–H and O–H groups in total. The maximum atomic E-state index is 12.3. The van der Waals surface area contributed by atoms with Crippen LogP contribution in [-0.2, 0) is 11.2 Å². The van der Waals surface area contributed by atoms with E-state index in [0.29, 0.717) is 17.0 Å². The number of rotatable bonds is 3. The fourth-order valence-electron chi connectivity index (χ4n) is 2.58. The highest BCUT2D eigenvalue weighted by molar-refractivity contribution is 5.98. The lowest BCUT2D eigenvalue weighted by Gasteiger charge is -2.29. The minimum absolute atomic E-state index is 0.0447. The molecule has 0 heterocycles. The summed E-state index contributed by atoms with van der Waals surface area (Å²) < 4.78 is 5.22. The fraction of sp³-hybridized carbons (Fsp3) is 0.176. The average Bonchev–Trinajstić information content (AvgIpc) is 2.49. The second-order valence-electron chi connectivity index (χ2n) is 4.97. The van der Waals surface area contributed by atoms with Gasteiger partial charge in [-0.15, -0.1) is 0 Å². The summed E-state index contributed by atoms with van der Waals surface area (Å²) in [7, 11) is 1.52. The Morgan fingerprint density at radius 2 is 2.14 bits per heavy atom. The fourth-order valence-corrected chi connectivity index (χ4v) is 2.58. The van der Waals surface area contributed by atoms with Crippen LogP contribution in [0.3, 0.4) is 0 Å². The van der Waals surface area contributed by atoms with Gasteiger partial charge in [0.25, 0.3) is 0 Å². The van der Waals surface area contributed by atoms with Gasteiger partial charge in [-0.2, -0.15) is 5.26 Å². The largest absolute Gasteiger partial charge is 0.495 e. The van der Waals surface area contributed by atoms with Crippen LogP contribution in [0.25, 0.3) is 0 Å². The number of hydrogen-bond donors (Lipinski definition) is 1. The molecule has 104 valence electrons. The second-order valence-corrected chi connectivity index (χ2v) is 4.97. The van der Waals surface area contributed by atoms with Crippen molar-refractivity contribution in [3.05, 3.63) is 59.2 Å². The molecule has 1 amide bonds. The molecule has 4 heteroatoms. The number of nitrogens with one attached hydrogen (secondary N) is 1. The molecule has 21 heavy (non-hydrogen) atoms. The topological polar surface area (TPSA) is 62.1 Å². The number of carbonyl (C=O) groups is 1. The number of nitrogens with zero attached hydrogens (tertiary/aromatic N) is 1. The third-order valence-corrected chi connectivity index (χ3v) is 3.76. The zero-order valence-electron chi connectivity index (χ0n) is 11.6. The van der Waals surface area contributed by atoms with Crippen molar-refractivity contribution in [1.29, 1.82) is 5.26 Å². The number of carbonyl (C=O) groups excluding carboxylic acids is 1. The summed E-state index contributed by atoms with van der Waals surface area (Å²) >= 11 is 0. The molecule has 2 aromatic carbocycles. The molecule has 1 atom stereocenters. The van der Waals surface area contributed by atoms with E-state index in [9.17, 15) is 4.79 Å². The first-order valence-corrected chi connectivity index (χ1v) is 6.69. The Labute approximate surface area is 123 Å². The van der Waals surface area contributed by atoms with Crippen LogP contribution >= 0.6 is 0 Å². The predicted octanol–water partition coefficient (Wildman–Crippen LogP) is 2.85. The van der Waals surface area contributed by atoms with Gasteiger partial charge in [-0.1, -0.05) is 24.3 Å². The van der Waals surface area contributed by atoms with Gasteiger partial charge >= 0.3 is 0 Å². The maximum absolute atomic E-state index is 12.3. The van der Waals surface area contributed by atoms with E-state index in [0.717, 1.165) is 12.0 Å². The first-order valence-electron chi connectivity index (χ1n) is 6.69. The van der Waals surface area contributed by atoms with E-state index in [1.165, 1.54) is 12.7 Å². The minimum atomic E-state index is -0.110. The van der Waals surface area contributed by atoms with Crippen LogP contribution in [0.4, 0.5) is 5.69 Å². The molecule has 0 radical (unpaired) electrons. The Morgan fingerprint density at radius 1 is 1.33 bits per heavy atom. The van der Waals surface area contributed by atoms with Gasteiger partial charge < -0.3 is 10.1 Å². The van der Waals surface area contributed by atoms with Gasteiger partial charge in [0, 0.05) is 6.07 Å². The van der Waals surface area contributed by atoms with Crippen LogP contribution in [0.1, 0.15) is 22.6 Å². The van der Waals surface area contributed by atoms with Gasteiger partial charge in [0.2, 0.25) is 5.91 Å². The van der Waals surface area contributed by atoms with Crippen LogP contribution in [0.15, 0.2) is 42.5 Å². The zero-order valence-corrected chi connectivity index (χ0v) is 11.6. The molecule has 0 bridgehead atoms. The summed E-state index contributed by atoms with van der Waals surface area (Å²) in [6.45, 7) is 0. The highest BCUT2D eigenvalue weighted by atomic mass is 16.5. The van der Waals surface area contributed by atoms with Crippen molar-refractivity contribution in [3.8, 4) is 11.8 Å². The smallest absolute Gasteiger partial charge is 0.232 e. The van der Waals surface area contributed by atoms with E-state index in [1.807, 2.05) is 30.3 Å². The Kier molecular flexibility index (Phi) is 3.33. The molecule has 4 nitrogen and oxygen atoms in total. The second kappa shape index (κ2) is 5.29. The Hall–Kier alpha value is -2.80. The van der Waals surface area contributed by atoms with Crippen molar-refractivity contribution in [2.45, 2.75) is 12.3 Å². The number of ether oxygens (including phenoxy) is 1. The molecular formula is C17H14N2O2. The van der Waals surface area contributed by atoms with Crippen molar-refractivity contribution in [2.24, 2.45) is 0 Å². The number of methoxy groups -OCH3 is 1. The molecule has 0 saturated carbocycles. The lowest BCUT2D eigenvalue weighted by atomic mass is 9.77. The summed E-state index contributed by atoms with van der Waals surface area (Å²) in [5.41, 5.74) is 3.40. The van der Waals surface area contributed by atoms with Crippen LogP contribution < -0.4 is 10.1 Å². The molecule has 0 fully saturated rings. The number of fused-ring (bicyclic) bond motifs is 1. The van der Waals surface area contributed by atoms with Crippen molar-refractivity contribution >= 4 is 11.6 Å². The van der Waals surface area contributed by atoms with E-state index in [2.05, 4.69) is 5.32 Å². The normalized spacial score (nSPS) is 15.3. The molecule has 0 spiro atoms. The van der Waals surface area contributed by atoms with Gasteiger partial charge in [-0.05, 0) is 29.7 Å². The lowest BCUT2D eigenvalue weighted by Crippen LogP contribution is -2.30. The SMILES string of the molecule is COc1cc(C#N)ccc1NC(=O)C1Cc2ccccc21. The van der Waals surface area contributed by atoms with Crippen molar-refractivity contribution in [1.82, 2.24) is 0 Å². The van der Waals surface area contributed by atoms with Crippen LogP contribution in [0.2, 0.25) is 0 Å². The molecule has 2 aromatic rings. The van der Waals surface area contributed by atoms with Gasteiger partial charge in [0.1, 0.15) is 5.75 Å². The van der Waals surface area contributed by atoms with Gasteiger partial charge in [0.15, 0.2) is 0 Å². The quantitative estimate of drug-likeness (QED) is 0.939. The van der Waals surface area contributed by atoms with Crippen LogP contribution in [0.5, 0.6) is 5.75 Å². The monoisotopic (exact) mass is 278 g/mol. The summed E-state index contributed by atoms with van der Waals surface area (Å²) in [6, 6.07) is 15.0.